The lowest BCUT2D eigenvalue weighted by Crippen LogP contribution is -2.47. The van der Waals surface area contributed by atoms with Gasteiger partial charge in [-0.25, -0.2) is 14.0 Å². The van der Waals surface area contributed by atoms with Gasteiger partial charge < -0.3 is 24.3 Å². The topological polar surface area (TPSA) is 83.1 Å². The van der Waals surface area contributed by atoms with Crippen molar-refractivity contribution in [1.82, 2.24) is 5.32 Å². The maximum atomic E-state index is 13.0. The average molecular weight is 383 g/mol. The van der Waals surface area contributed by atoms with E-state index in [1.165, 1.54) is 24.3 Å². The minimum atomic E-state index is -0.980. The van der Waals surface area contributed by atoms with E-state index >= 15 is 0 Å². The van der Waals surface area contributed by atoms with E-state index in [0.29, 0.717) is 18.8 Å². The van der Waals surface area contributed by atoms with Crippen LogP contribution in [0.1, 0.15) is 34.1 Å². The summed E-state index contributed by atoms with van der Waals surface area (Å²) in [6.07, 6.45) is -1.32. The fourth-order valence-electron chi connectivity index (χ4n) is 2.44. The van der Waals surface area contributed by atoms with Crippen LogP contribution in [-0.4, -0.2) is 49.1 Å². The van der Waals surface area contributed by atoms with Crippen molar-refractivity contribution in [2.75, 3.05) is 13.2 Å². The summed E-state index contributed by atoms with van der Waals surface area (Å²) >= 11 is 0. The third kappa shape index (κ3) is 7.05. The molecule has 1 fully saturated rings. The van der Waals surface area contributed by atoms with E-state index in [0.717, 1.165) is 0 Å². The largest absolute Gasteiger partial charge is 0.486 e. The monoisotopic (exact) mass is 383 g/mol. The van der Waals surface area contributed by atoms with Crippen LogP contribution < -0.4 is 10.1 Å². The zero-order chi connectivity index (χ0) is 20.0. The van der Waals surface area contributed by atoms with Crippen molar-refractivity contribution >= 4 is 12.1 Å². The Hall–Kier alpha value is -2.35. The quantitative estimate of drug-likeness (QED) is 0.808. The highest BCUT2D eigenvalue weighted by atomic mass is 19.1. The van der Waals surface area contributed by atoms with Crippen LogP contribution in [0, 0.1) is 5.82 Å². The summed E-state index contributed by atoms with van der Waals surface area (Å²) in [5.74, 6) is -0.536. The third-order valence-corrected chi connectivity index (χ3v) is 3.73. The molecule has 3 atom stereocenters. The summed E-state index contributed by atoms with van der Waals surface area (Å²) in [4.78, 5) is 24.3. The number of carbonyl (C=O) groups excluding carboxylic acids is 2. The number of hydrogen-bond acceptors (Lipinski definition) is 6. The maximum absolute atomic E-state index is 13.0. The van der Waals surface area contributed by atoms with E-state index in [1.807, 2.05) is 0 Å². The van der Waals surface area contributed by atoms with Gasteiger partial charge >= 0.3 is 12.1 Å². The maximum Gasteiger partial charge on any atom is 0.408 e. The van der Waals surface area contributed by atoms with Crippen molar-refractivity contribution in [3.63, 3.8) is 0 Å². The Bertz CT molecular complexity index is 643. The molecule has 7 nitrogen and oxygen atoms in total. The van der Waals surface area contributed by atoms with Crippen LogP contribution in [0.4, 0.5) is 9.18 Å². The number of amides is 1. The lowest BCUT2D eigenvalue weighted by molar-refractivity contribution is -0.155. The fraction of sp³-hybridized carbons (Fsp3) is 0.579. The first kappa shape index (κ1) is 21.0. The van der Waals surface area contributed by atoms with Gasteiger partial charge in [-0.05, 0) is 52.0 Å². The van der Waals surface area contributed by atoms with Crippen molar-refractivity contribution in [3.05, 3.63) is 30.1 Å². The number of carbonyl (C=O) groups is 2. The normalized spacial score (nSPS) is 24.0. The first-order chi connectivity index (χ1) is 12.6. The summed E-state index contributed by atoms with van der Waals surface area (Å²) in [5, 5.41) is 2.47. The van der Waals surface area contributed by atoms with Gasteiger partial charge in [0.25, 0.3) is 0 Å². The highest BCUT2D eigenvalue weighted by molar-refractivity contribution is 5.81. The SMILES string of the molecule is C[C@@H]1OC(=O)[C@@H](NC(=O)OC(C)(C)C)COCC[C@H]1Oc1ccc(F)cc1. The summed E-state index contributed by atoms with van der Waals surface area (Å²) in [6, 6.07) is 4.61. The summed E-state index contributed by atoms with van der Waals surface area (Å²) < 4.78 is 34.9. The smallest absolute Gasteiger partial charge is 0.408 e. The van der Waals surface area contributed by atoms with Gasteiger partial charge in [-0.2, -0.15) is 0 Å². The van der Waals surface area contributed by atoms with Gasteiger partial charge in [-0.3, -0.25) is 0 Å². The van der Waals surface area contributed by atoms with Crippen molar-refractivity contribution in [2.24, 2.45) is 0 Å². The molecule has 0 aliphatic carbocycles. The van der Waals surface area contributed by atoms with E-state index in [1.54, 1.807) is 27.7 Å². The van der Waals surface area contributed by atoms with Gasteiger partial charge in [0.1, 0.15) is 29.4 Å². The molecule has 27 heavy (non-hydrogen) atoms. The highest BCUT2D eigenvalue weighted by Crippen LogP contribution is 2.19. The molecule has 2 rings (SSSR count). The Kier molecular flexibility index (Phi) is 7.01. The molecule has 1 N–H and O–H groups in total. The molecule has 1 aromatic rings. The summed E-state index contributed by atoms with van der Waals surface area (Å²) in [5.41, 5.74) is -0.686. The zero-order valence-electron chi connectivity index (χ0n) is 16.0. The van der Waals surface area contributed by atoms with E-state index in [-0.39, 0.29) is 12.4 Å². The molecule has 1 aliphatic heterocycles. The lowest BCUT2D eigenvalue weighted by Gasteiger charge is -2.25. The average Bonchev–Trinajstić information content (AvgIpc) is 2.61. The highest BCUT2D eigenvalue weighted by Gasteiger charge is 2.31. The van der Waals surface area contributed by atoms with Gasteiger partial charge in [0.2, 0.25) is 0 Å². The van der Waals surface area contributed by atoms with Crippen LogP contribution >= 0.6 is 0 Å². The first-order valence-corrected chi connectivity index (χ1v) is 8.84. The molecule has 0 radical (unpaired) electrons. The van der Waals surface area contributed by atoms with Crippen LogP contribution in [-0.2, 0) is 19.0 Å². The fourth-order valence-corrected chi connectivity index (χ4v) is 2.44. The first-order valence-electron chi connectivity index (χ1n) is 8.84. The molecule has 1 saturated heterocycles. The lowest BCUT2D eigenvalue weighted by atomic mass is 10.1. The Morgan fingerprint density at radius 3 is 2.56 bits per heavy atom. The zero-order valence-corrected chi connectivity index (χ0v) is 16.0. The number of esters is 1. The van der Waals surface area contributed by atoms with Crippen LogP contribution in [0.25, 0.3) is 0 Å². The van der Waals surface area contributed by atoms with E-state index in [2.05, 4.69) is 5.32 Å². The molecular formula is C19H26FNO6. The van der Waals surface area contributed by atoms with Crippen molar-refractivity contribution in [1.29, 1.82) is 0 Å². The van der Waals surface area contributed by atoms with Crippen LogP contribution in [0.15, 0.2) is 24.3 Å². The number of cyclic esters (lactones) is 1. The number of alkyl carbamates (subject to hydrolysis) is 1. The molecule has 0 spiro atoms. The van der Waals surface area contributed by atoms with Crippen LogP contribution in [0.5, 0.6) is 5.75 Å². The molecular weight excluding hydrogens is 357 g/mol. The van der Waals surface area contributed by atoms with Gasteiger partial charge in [-0.15, -0.1) is 0 Å². The molecule has 150 valence electrons. The number of halogens is 1. The van der Waals surface area contributed by atoms with Crippen LogP contribution in [0.2, 0.25) is 0 Å². The minimum absolute atomic E-state index is 0.0337. The second kappa shape index (κ2) is 9.03. The number of benzene rings is 1. The number of hydrogen-bond donors (Lipinski definition) is 1. The molecule has 0 bridgehead atoms. The van der Waals surface area contributed by atoms with Gasteiger partial charge in [0.05, 0.1) is 13.2 Å². The van der Waals surface area contributed by atoms with Gasteiger partial charge in [-0.1, -0.05) is 0 Å². The number of nitrogens with one attached hydrogen (secondary N) is 1. The molecule has 0 unspecified atom stereocenters. The second-order valence-corrected chi connectivity index (χ2v) is 7.31. The van der Waals surface area contributed by atoms with Gasteiger partial charge in [0, 0.05) is 6.42 Å². The molecule has 1 aliphatic rings. The van der Waals surface area contributed by atoms with Crippen molar-refractivity contribution in [2.45, 2.75) is 58.0 Å². The standard InChI is InChI=1S/C19H26FNO6/c1-12-16(26-14-7-5-13(20)6-8-14)9-10-24-11-15(17(22)25-12)21-18(23)27-19(2,3)4/h5-8,12,15-16H,9-11H2,1-4H3,(H,21,23)/t12-,15-,16+/m0/s1. The number of ether oxygens (including phenoxy) is 4. The van der Waals surface area contributed by atoms with Crippen LogP contribution in [0.3, 0.4) is 0 Å². The molecule has 1 aromatic carbocycles. The Morgan fingerprint density at radius 1 is 1.26 bits per heavy atom. The predicted molar refractivity (Wildman–Crippen MR) is 95.0 cm³/mol. The van der Waals surface area contributed by atoms with E-state index in [4.69, 9.17) is 18.9 Å². The molecule has 8 heteroatoms. The van der Waals surface area contributed by atoms with E-state index in [9.17, 15) is 14.0 Å². The summed E-state index contributed by atoms with van der Waals surface area (Å²) in [6.45, 7) is 7.15. The molecule has 0 aromatic heterocycles. The summed E-state index contributed by atoms with van der Waals surface area (Å²) in [7, 11) is 0. The Morgan fingerprint density at radius 2 is 1.93 bits per heavy atom. The van der Waals surface area contributed by atoms with Gasteiger partial charge in [0.15, 0.2) is 6.04 Å². The molecule has 0 saturated carbocycles. The second-order valence-electron chi connectivity index (χ2n) is 7.31. The third-order valence-electron chi connectivity index (χ3n) is 3.73. The molecule has 1 heterocycles. The Labute approximate surface area is 158 Å². The van der Waals surface area contributed by atoms with Crippen molar-refractivity contribution < 1.29 is 32.9 Å². The molecule has 1 amide bonds. The minimum Gasteiger partial charge on any atom is -0.486 e. The Balaban J connectivity index is 1.99. The van der Waals surface area contributed by atoms with E-state index < -0.39 is 35.9 Å². The predicted octanol–water partition coefficient (Wildman–Crippen LogP) is 2.82. The van der Waals surface area contributed by atoms with Crippen molar-refractivity contribution in [3.8, 4) is 5.75 Å². The number of rotatable bonds is 3.